The average Bonchev–Trinajstić information content (AvgIpc) is 3.06. The maximum atomic E-state index is 12.5. The Morgan fingerprint density at radius 1 is 1.32 bits per heavy atom. The van der Waals surface area contributed by atoms with E-state index in [1.165, 1.54) is 5.56 Å². The molecule has 25 heavy (non-hydrogen) atoms. The number of nitrogens with two attached hydrogens (primary N) is 1. The number of carbonyl (C=O) groups is 1. The number of nitrogens with one attached hydrogen (secondary N) is 1. The molecule has 1 heterocycles. The maximum absolute atomic E-state index is 12.5. The van der Waals surface area contributed by atoms with Crippen LogP contribution in [-0.2, 0) is 24.2 Å². The monoisotopic (exact) mass is 357 g/mol. The van der Waals surface area contributed by atoms with Crippen LogP contribution in [0.4, 0.5) is 0 Å². The van der Waals surface area contributed by atoms with Gasteiger partial charge in [-0.05, 0) is 31.7 Å². The lowest BCUT2D eigenvalue weighted by Gasteiger charge is -2.37. The molecule has 0 saturated heterocycles. The van der Waals surface area contributed by atoms with Crippen LogP contribution in [-0.4, -0.2) is 16.4 Å². The minimum absolute atomic E-state index is 0.0727. The normalized spacial score (nSPS) is 23.4. The van der Waals surface area contributed by atoms with Crippen molar-refractivity contribution in [2.75, 3.05) is 0 Å². The first-order valence-corrected chi connectivity index (χ1v) is 9.96. The first-order chi connectivity index (χ1) is 12.0. The predicted octanol–water partition coefficient (Wildman–Crippen LogP) is 3.45. The fourth-order valence-electron chi connectivity index (χ4n) is 3.53. The lowest BCUT2D eigenvalue weighted by Crippen LogP contribution is -2.52. The second kappa shape index (κ2) is 8.11. The Hall–Kier alpha value is -1.72. The van der Waals surface area contributed by atoms with Crippen molar-refractivity contribution in [2.24, 2.45) is 11.7 Å². The summed E-state index contributed by atoms with van der Waals surface area (Å²) >= 11 is 1.67. The van der Waals surface area contributed by atoms with Gasteiger partial charge < -0.3 is 11.1 Å². The first kappa shape index (κ1) is 18.1. The number of carbonyl (C=O) groups excluding carboxylic acids is 1. The second-order valence-electron chi connectivity index (χ2n) is 7.24. The summed E-state index contributed by atoms with van der Waals surface area (Å²) in [5.41, 5.74) is 8.20. The van der Waals surface area contributed by atoms with Gasteiger partial charge in [-0.2, -0.15) is 0 Å². The average molecular weight is 358 g/mol. The number of aromatic nitrogens is 1. The van der Waals surface area contributed by atoms with Crippen molar-refractivity contribution in [2.45, 2.75) is 57.5 Å². The van der Waals surface area contributed by atoms with E-state index in [0.29, 0.717) is 6.54 Å². The minimum atomic E-state index is -0.384. The molecule has 3 rings (SSSR count). The number of amides is 1. The maximum Gasteiger partial charge on any atom is 0.225 e. The van der Waals surface area contributed by atoms with E-state index in [-0.39, 0.29) is 17.4 Å². The molecule has 1 aliphatic carbocycles. The van der Waals surface area contributed by atoms with E-state index < -0.39 is 0 Å². The van der Waals surface area contributed by atoms with E-state index in [1.54, 1.807) is 11.3 Å². The summed E-state index contributed by atoms with van der Waals surface area (Å²) < 4.78 is 0. The molecule has 2 aromatic rings. The molecule has 134 valence electrons. The molecule has 5 heteroatoms. The Bertz CT molecular complexity index is 696. The lowest BCUT2D eigenvalue weighted by atomic mass is 9.74. The molecular weight excluding hydrogens is 330 g/mol. The van der Waals surface area contributed by atoms with Crippen molar-refractivity contribution < 1.29 is 4.79 Å². The highest BCUT2D eigenvalue weighted by Crippen LogP contribution is 2.31. The number of thiazole rings is 1. The van der Waals surface area contributed by atoms with Crippen LogP contribution in [0.25, 0.3) is 0 Å². The van der Waals surface area contributed by atoms with E-state index in [1.807, 2.05) is 18.4 Å². The fourth-order valence-corrected chi connectivity index (χ4v) is 4.33. The molecule has 0 bridgehead atoms. The van der Waals surface area contributed by atoms with Gasteiger partial charge in [-0.25, -0.2) is 4.98 Å². The summed E-state index contributed by atoms with van der Waals surface area (Å²) in [6.07, 6.45) is 5.95. The smallest absolute Gasteiger partial charge is 0.225 e. The van der Waals surface area contributed by atoms with Gasteiger partial charge in [0, 0.05) is 17.3 Å². The zero-order valence-corrected chi connectivity index (χ0v) is 15.6. The highest BCUT2D eigenvalue weighted by Gasteiger charge is 2.37. The summed E-state index contributed by atoms with van der Waals surface area (Å²) in [5.74, 6) is -0.0130. The van der Waals surface area contributed by atoms with Crippen LogP contribution >= 0.6 is 11.3 Å². The van der Waals surface area contributed by atoms with Gasteiger partial charge in [0.2, 0.25) is 5.91 Å². The van der Waals surface area contributed by atoms with Crippen molar-refractivity contribution >= 4 is 17.2 Å². The molecule has 1 aliphatic rings. The highest BCUT2D eigenvalue weighted by molar-refractivity contribution is 7.09. The SMILES string of the molecule is CC1(N)CCCCC1C(=O)NCc1csc(CCc2ccccc2)n1. The van der Waals surface area contributed by atoms with Crippen molar-refractivity contribution in [3.63, 3.8) is 0 Å². The van der Waals surface area contributed by atoms with Gasteiger partial charge in [0.1, 0.15) is 0 Å². The number of hydrogen-bond acceptors (Lipinski definition) is 4. The molecule has 1 saturated carbocycles. The van der Waals surface area contributed by atoms with Crippen LogP contribution in [0.5, 0.6) is 0 Å². The van der Waals surface area contributed by atoms with Crippen molar-refractivity contribution in [1.82, 2.24) is 10.3 Å². The topological polar surface area (TPSA) is 68.0 Å². The standard InChI is InChI=1S/C20H27N3OS/c1-20(21)12-6-5-9-17(20)19(24)22-13-16-14-25-18(23-16)11-10-15-7-3-2-4-8-15/h2-4,7-8,14,17H,5-6,9-13,21H2,1H3,(H,22,24). The van der Waals surface area contributed by atoms with Crippen LogP contribution in [0, 0.1) is 5.92 Å². The van der Waals surface area contributed by atoms with Crippen LogP contribution in [0.15, 0.2) is 35.7 Å². The molecular formula is C20H27N3OS. The molecule has 2 atom stereocenters. The van der Waals surface area contributed by atoms with Crippen LogP contribution in [0.3, 0.4) is 0 Å². The van der Waals surface area contributed by atoms with E-state index in [4.69, 9.17) is 5.73 Å². The molecule has 1 amide bonds. The third kappa shape index (κ3) is 4.89. The van der Waals surface area contributed by atoms with E-state index in [0.717, 1.165) is 49.2 Å². The third-order valence-electron chi connectivity index (χ3n) is 5.08. The van der Waals surface area contributed by atoms with Crippen LogP contribution < -0.4 is 11.1 Å². The summed E-state index contributed by atoms with van der Waals surface area (Å²) in [7, 11) is 0. The van der Waals surface area contributed by atoms with Crippen LogP contribution in [0.2, 0.25) is 0 Å². The Morgan fingerprint density at radius 3 is 2.88 bits per heavy atom. The second-order valence-corrected chi connectivity index (χ2v) is 8.18. The predicted molar refractivity (Wildman–Crippen MR) is 102 cm³/mol. The van der Waals surface area contributed by atoms with Gasteiger partial charge in [0.15, 0.2) is 0 Å². The van der Waals surface area contributed by atoms with Gasteiger partial charge in [-0.15, -0.1) is 11.3 Å². The molecule has 1 aromatic heterocycles. The Balaban J connectivity index is 1.49. The van der Waals surface area contributed by atoms with Gasteiger partial charge in [0.05, 0.1) is 23.2 Å². The van der Waals surface area contributed by atoms with Crippen molar-refractivity contribution in [3.8, 4) is 0 Å². The first-order valence-electron chi connectivity index (χ1n) is 9.08. The van der Waals surface area contributed by atoms with Gasteiger partial charge in [0.25, 0.3) is 0 Å². The quantitative estimate of drug-likeness (QED) is 0.832. The lowest BCUT2D eigenvalue weighted by molar-refractivity contribution is -0.128. The van der Waals surface area contributed by atoms with E-state index in [9.17, 15) is 4.79 Å². The van der Waals surface area contributed by atoms with E-state index >= 15 is 0 Å². The Kier molecular flexibility index (Phi) is 5.86. The van der Waals surface area contributed by atoms with Gasteiger partial charge >= 0.3 is 0 Å². The number of nitrogens with zero attached hydrogens (tertiary/aromatic N) is 1. The zero-order chi connectivity index (χ0) is 17.7. The number of hydrogen-bond donors (Lipinski definition) is 2. The number of aryl methyl sites for hydroxylation is 2. The van der Waals surface area contributed by atoms with E-state index in [2.05, 4.69) is 34.6 Å². The molecule has 0 radical (unpaired) electrons. The molecule has 0 aliphatic heterocycles. The summed E-state index contributed by atoms with van der Waals surface area (Å²) in [6, 6.07) is 10.4. The molecule has 2 unspecified atom stereocenters. The molecule has 3 N–H and O–H groups in total. The van der Waals surface area contributed by atoms with Crippen molar-refractivity contribution in [3.05, 3.63) is 52.0 Å². The summed E-state index contributed by atoms with van der Waals surface area (Å²) in [4.78, 5) is 17.1. The van der Waals surface area contributed by atoms with Gasteiger partial charge in [-0.1, -0.05) is 43.2 Å². The molecule has 1 aromatic carbocycles. The largest absolute Gasteiger partial charge is 0.350 e. The number of rotatable bonds is 6. The minimum Gasteiger partial charge on any atom is -0.350 e. The zero-order valence-electron chi connectivity index (χ0n) is 14.8. The molecule has 0 spiro atoms. The highest BCUT2D eigenvalue weighted by atomic mass is 32.1. The van der Waals surface area contributed by atoms with Gasteiger partial charge in [-0.3, -0.25) is 4.79 Å². The van der Waals surface area contributed by atoms with Crippen molar-refractivity contribution in [1.29, 1.82) is 0 Å². The molecule has 1 fully saturated rings. The summed E-state index contributed by atoms with van der Waals surface area (Å²) in [5, 5.41) is 6.20. The Labute approximate surface area is 153 Å². The molecule has 4 nitrogen and oxygen atoms in total. The summed E-state index contributed by atoms with van der Waals surface area (Å²) in [6.45, 7) is 2.49. The fraction of sp³-hybridized carbons (Fsp3) is 0.500. The Morgan fingerprint density at radius 2 is 2.12 bits per heavy atom. The number of benzene rings is 1. The third-order valence-corrected chi connectivity index (χ3v) is 6.04. The van der Waals surface area contributed by atoms with Crippen LogP contribution in [0.1, 0.15) is 48.9 Å².